The molecule has 38 heavy (non-hydrogen) atoms. The quantitative estimate of drug-likeness (QED) is 0.427. The first-order valence-electron chi connectivity index (χ1n) is 12.3. The molecule has 3 aromatic carbocycles. The first kappa shape index (κ1) is 27.0. The fourth-order valence-corrected chi connectivity index (χ4v) is 5.64. The van der Waals surface area contributed by atoms with Crippen LogP contribution in [-0.2, 0) is 26.0 Å². The Morgan fingerprint density at radius 1 is 0.921 bits per heavy atom. The zero-order valence-corrected chi connectivity index (χ0v) is 22.2. The van der Waals surface area contributed by atoms with Crippen LogP contribution in [0.4, 0.5) is 5.69 Å². The summed E-state index contributed by atoms with van der Waals surface area (Å²) >= 11 is 0. The van der Waals surface area contributed by atoms with E-state index in [2.05, 4.69) is 5.32 Å². The van der Waals surface area contributed by atoms with Gasteiger partial charge in [0.1, 0.15) is 25.8 Å². The second kappa shape index (κ2) is 12.0. The van der Waals surface area contributed by atoms with Gasteiger partial charge in [-0.1, -0.05) is 48.5 Å². The van der Waals surface area contributed by atoms with Crippen LogP contribution in [0, 0.1) is 0 Å². The average molecular weight is 538 g/mol. The molecule has 3 aromatic rings. The first-order valence-corrected chi connectivity index (χ1v) is 13.8. The van der Waals surface area contributed by atoms with Gasteiger partial charge in [-0.15, -0.1) is 0 Å². The molecule has 1 aliphatic heterocycles. The number of carbonyl (C=O) groups excluding carboxylic acids is 2. The van der Waals surface area contributed by atoms with Crippen molar-refractivity contribution in [2.75, 3.05) is 37.7 Å². The van der Waals surface area contributed by atoms with Crippen LogP contribution in [0.2, 0.25) is 0 Å². The fourth-order valence-electron chi connectivity index (χ4n) is 4.21. The summed E-state index contributed by atoms with van der Waals surface area (Å²) in [7, 11) is -2.64. The standard InChI is InChI=1S/C28H31N3O6S/c1-21(28(33)29-2)30(16-15-22-9-5-3-6-10-22)27(32)20-31(38(34,35)24-11-7-4-8-12-24)23-13-14-25-26(19-23)37-18-17-36-25/h3-14,19,21H,15-18,20H2,1-2H3,(H,29,33)/t21-/m0/s1. The molecular weight excluding hydrogens is 506 g/mol. The highest BCUT2D eigenvalue weighted by atomic mass is 32.2. The normalized spacial score (nSPS) is 13.3. The van der Waals surface area contributed by atoms with Gasteiger partial charge in [-0.2, -0.15) is 0 Å². The number of sulfonamides is 1. The molecule has 1 aliphatic rings. The molecule has 0 bridgehead atoms. The molecule has 0 spiro atoms. The summed E-state index contributed by atoms with van der Waals surface area (Å²) in [5.41, 5.74) is 1.25. The molecule has 200 valence electrons. The second-order valence-electron chi connectivity index (χ2n) is 8.77. The lowest BCUT2D eigenvalue weighted by Crippen LogP contribution is -2.51. The molecule has 0 saturated heterocycles. The van der Waals surface area contributed by atoms with Crippen LogP contribution in [-0.4, -0.2) is 64.5 Å². The number of benzene rings is 3. The SMILES string of the molecule is CNC(=O)[C@H](C)N(CCc1ccccc1)C(=O)CN(c1ccc2c(c1)OCCO2)S(=O)(=O)c1ccccc1. The number of nitrogens with zero attached hydrogens (tertiary/aromatic N) is 2. The van der Waals surface area contributed by atoms with Gasteiger partial charge in [0.2, 0.25) is 11.8 Å². The minimum Gasteiger partial charge on any atom is -0.486 e. The van der Waals surface area contributed by atoms with Gasteiger partial charge >= 0.3 is 0 Å². The zero-order chi connectivity index (χ0) is 27.1. The van der Waals surface area contributed by atoms with Gasteiger partial charge in [0, 0.05) is 19.7 Å². The van der Waals surface area contributed by atoms with Gasteiger partial charge in [-0.25, -0.2) is 8.42 Å². The van der Waals surface area contributed by atoms with Gasteiger partial charge in [0.15, 0.2) is 11.5 Å². The van der Waals surface area contributed by atoms with Crippen molar-refractivity contribution in [1.29, 1.82) is 0 Å². The van der Waals surface area contributed by atoms with Crippen molar-refractivity contribution in [3.05, 3.63) is 84.4 Å². The maximum Gasteiger partial charge on any atom is 0.264 e. The van der Waals surface area contributed by atoms with Gasteiger partial charge in [0.05, 0.1) is 10.6 Å². The molecule has 0 aromatic heterocycles. The van der Waals surface area contributed by atoms with Crippen molar-refractivity contribution in [2.24, 2.45) is 0 Å². The predicted octanol–water partition coefficient (Wildman–Crippen LogP) is 2.86. The number of amides is 2. The zero-order valence-electron chi connectivity index (χ0n) is 21.4. The lowest BCUT2D eigenvalue weighted by Gasteiger charge is -2.32. The molecule has 2 amide bonds. The van der Waals surface area contributed by atoms with Crippen molar-refractivity contribution in [2.45, 2.75) is 24.3 Å². The largest absolute Gasteiger partial charge is 0.486 e. The van der Waals surface area contributed by atoms with E-state index >= 15 is 0 Å². The Bertz CT molecular complexity index is 1370. The number of carbonyl (C=O) groups is 2. The summed E-state index contributed by atoms with van der Waals surface area (Å²) in [6.45, 7) is 2.08. The summed E-state index contributed by atoms with van der Waals surface area (Å²) in [5, 5.41) is 2.58. The molecular formula is C28H31N3O6S. The van der Waals surface area contributed by atoms with E-state index in [0.717, 1.165) is 9.87 Å². The minimum atomic E-state index is -4.14. The predicted molar refractivity (Wildman–Crippen MR) is 144 cm³/mol. The van der Waals surface area contributed by atoms with Crippen LogP contribution in [0.5, 0.6) is 11.5 Å². The highest BCUT2D eigenvalue weighted by molar-refractivity contribution is 7.92. The molecule has 4 rings (SSSR count). The van der Waals surface area contributed by atoms with Crippen LogP contribution < -0.4 is 19.1 Å². The number of fused-ring (bicyclic) bond motifs is 1. The number of hydrogen-bond donors (Lipinski definition) is 1. The summed E-state index contributed by atoms with van der Waals surface area (Å²) in [4.78, 5) is 27.8. The van der Waals surface area contributed by atoms with Crippen molar-refractivity contribution >= 4 is 27.5 Å². The summed E-state index contributed by atoms with van der Waals surface area (Å²) in [6.07, 6.45) is 0.503. The van der Waals surface area contributed by atoms with Crippen LogP contribution >= 0.6 is 0 Å². The van der Waals surface area contributed by atoms with E-state index in [1.54, 1.807) is 43.3 Å². The Hall–Kier alpha value is -4.05. The van der Waals surface area contributed by atoms with E-state index in [-0.39, 0.29) is 23.0 Å². The number of ether oxygens (including phenoxy) is 2. The lowest BCUT2D eigenvalue weighted by atomic mass is 10.1. The van der Waals surface area contributed by atoms with Gasteiger partial charge in [0.25, 0.3) is 10.0 Å². The summed E-state index contributed by atoms with van der Waals surface area (Å²) in [6, 6.07) is 21.5. The Balaban J connectivity index is 1.69. The molecule has 0 aliphatic carbocycles. The number of rotatable bonds is 10. The van der Waals surface area contributed by atoms with Gasteiger partial charge < -0.3 is 19.7 Å². The van der Waals surface area contributed by atoms with Crippen LogP contribution in [0.1, 0.15) is 12.5 Å². The van der Waals surface area contributed by atoms with Crippen LogP contribution in [0.25, 0.3) is 0 Å². The van der Waals surface area contributed by atoms with E-state index in [1.165, 1.54) is 24.1 Å². The van der Waals surface area contributed by atoms with Crippen molar-refractivity contribution in [3.63, 3.8) is 0 Å². The molecule has 0 saturated carbocycles. The number of anilines is 1. The fraction of sp³-hybridized carbons (Fsp3) is 0.286. The number of nitrogens with one attached hydrogen (secondary N) is 1. The minimum absolute atomic E-state index is 0.0397. The monoisotopic (exact) mass is 537 g/mol. The molecule has 0 radical (unpaired) electrons. The van der Waals surface area contributed by atoms with Gasteiger partial charge in [-0.05, 0) is 43.2 Å². The molecule has 9 nitrogen and oxygen atoms in total. The Morgan fingerprint density at radius 3 is 2.21 bits per heavy atom. The maximum absolute atomic E-state index is 13.8. The third-order valence-electron chi connectivity index (χ3n) is 6.32. The van der Waals surface area contributed by atoms with Crippen molar-refractivity contribution < 1.29 is 27.5 Å². The lowest BCUT2D eigenvalue weighted by molar-refractivity contribution is -0.138. The second-order valence-corrected chi connectivity index (χ2v) is 10.6. The third-order valence-corrected chi connectivity index (χ3v) is 8.11. The van der Waals surface area contributed by atoms with Crippen LogP contribution in [0.15, 0.2) is 83.8 Å². The Kier molecular flexibility index (Phi) is 8.52. The molecule has 0 unspecified atom stereocenters. The number of likely N-dealkylation sites (N-methyl/N-ethyl adjacent to an activating group) is 1. The van der Waals surface area contributed by atoms with E-state index < -0.39 is 28.5 Å². The third kappa shape index (κ3) is 6.08. The topological polar surface area (TPSA) is 105 Å². The smallest absolute Gasteiger partial charge is 0.264 e. The highest BCUT2D eigenvalue weighted by Gasteiger charge is 2.32. The highest BCUT2D eigenvalue weighted by Crippen LogP contribution is 2.35. The first-order chi connectivity index (χ1) is 18.3. The molecule has 1 heterocycles. The molecule has 1 atom stereocenters. The van der Waals surface area contributed by atoms with E-state index in [4.69, 9.17) is 9.47 Å². The maximum atomic E-state index is 13.8. The summed E-state index contributed by atoms with van der Waals surface area (Å²) in [5.74, 6) is 0.0462. The van der Waals surface area contributed by atoms with Crippen molar-refractivity contribution in [3.8, 4) is 11.5 Å². The van der Waals surface area contributed by atoms with E-state index in [9.17, 15) is 18.0 Å². The van der Waals surface area contributed by atoms with Gasteiger partial charge in [-0.3, -0.25) is 13.9 Å². The van der Waals surface area contributed by atoms with E-state index in [0.29, 0.717) is 31.1 Å². The van der Waals surface area contributed by atoms with Crippen molar-refractivity contribution in [1.82, 2.24) is 10.2 Å². The van der Waals surface area contributed by atoms with E-state index in [1.807, 2.05) is 30.3 Å². The Labute approximate surface area is 223 Å². The molecule has 0 fully saturated rings. The average Bonchev–Trinajstić information content (AvgIpc) is 2.96. The summed E-state index contributed by atoms with van der Waals surface area (Å²) < 4.78 is 39.9. The molecule has 10 heteroatoms. The van der Waals surface area contributed by atoms with Crippen LogP contribution in [0.3, 0.4) is 0 Å². The Morgan fingerprint density at radius 2 is 1.55 bits per heavy atom. The number of hydrogen-bond acceptors (Lipinski definition) is 6. The molecule has 1 N–H and O–H groups in total.